The molecule has 1 heterocycles. The molecule has 0 spiro atoms. The summed E-state index contributed by atoms with van der Waals surface area (Å²) in [6, 6.07) is 15.7. The topological polar surface area (TPSA) is 40.2 Å². The van der Waals surface area contributed by atoms with Crippen LogP contribution in [0.3, 0.4) is 0 Å². The van der Waals surface area contributed by atoms with Crippen LogP contribution in [0.15, 0.2) is 48.5 Å². The summed E-state index contributed by atoms with van der Waals surface area (Å²) in [4.78, 5) is 0. The number of rotatable bonds is 6. The molecule has 1 aliphatic heterocycles. The quantitative estimate of drug-likeness (QED) is 0.764. The van der Waals surface area contributed by atoms with Crippen LogP contribution in [0.25, 0.3) is 0 Å². The van der Waals surface area contributed by atoms with Gasteiger partial charge in [-0.1, -0.05) is 30.3 Å². The average Bonchev–Trinajstić information content (AvgIpc) is 3.33. The van der Waals surface area contributed by atoms with E-state index in [9.17, 15) is 0 Å². The monoisotopic (exact) mass is 286 g/mol. The van der Waals surface area contributed by atoms with Crippen molar-refractivity contribution in [2.75, 3.05) is 20.8 Å². The van der Waals surface area contributed by atoms with Gasteiger partial charge in [-0.2, -0.15) is 0 Å². The van der Waals surface area contributed by atoms with Crippen molar-refractivity contribution in [1.82, 2.24) is 0 Å². The first-order chi connectivity index (χ1) is 10.3. The highest BCUT2D eigenvalue weighted by Gasteiger charge is 2.40. The smallest absolute Gasteiger partial charge is 0.126 e. The van der Waals surface area contributed by atoms with Crippen molar-refractivity contribution in [1.29, 1.82) is 0 Å². The summed E-state index contributed by atoms with van der Waals surface area (Å²) in [6.07, 6.45) is 0.239. The van der Waals surface area contributed by atoms with Crippen LogP contribution >= 0.6 is 0 Å². The highest BCUT2D eigenvalue weighted by molar-refractivity contribution is 5.42. The molecule has 4 heteroatoms. The molecule has 110 valence electrons. The second-order valence-electron chi connectivity index (χ2n) is 4.87. The lowest BCUT2D eigenvalue weighted by atomic mass is 10.1. The summed E-state index contributed by atoms with van der Waals surface area (Å²) in [5.74, 6) is 2.13. The molecule has 3 rings (SSSR count). The predicted octanol–water partition coefficient (Wildman–Crippen LogP) is 3.22. The number of methoxy groups -OCH3 is 2. The Labute approximate surface area is 124 Å². The third-order valence-electron chi connectivity index (χ3n) is 3.45. The Hall–Kier alpha value is -2.20. The minimum absolute atomic E-state index is 0.101. The Bertz CT molecular complexity index is 575. The molecule has 2 aromatic rings. The molecule has 4 nitrogen and oxygen atoms in total. The number of hydrogen-bond acceptors (Lipinski definition) is 4. The van der Waals surface area contributed by atoms with E-state index in [-0.39, 0.29) is 12.2 Å². The van der Waals surface area contributed by atoms with Crippen LogP contribution in [0.4, 0.5) is 0 Å². The van der Waals surface area contributed by atoms with Gasteiger partial charge in [-0.05, 0) is 5.56 Å². The first kappa shape index (κ1) is 13.8. The van der Waals surface area contributed by atoms with Gasteiger partial charge in [-0.3, -0.25) is 0 Å². The summed E-state index contributed by atoms with van der Waals surface area (Å²) in [7, 11) is 3.24. The van der Waals surface area contributed by atoms with E-state index < -0.39 is 0 Å². The number of epoxide rings is 1. The standard InChI is InChI=1S/C17H18O4/c1-18-13-8-14(19-2)10-15(9-13)20-11-16-17(21-16)12-6-4-3-5-7-12/h3-10,16-17H,11H2,1-2H3/t16-,17+/m1/s1. The van der Waals surface area contributed by atoms with E-state index in [1.807, 2.05) is 36.4 Å². The maximum atomic E-state index is 5.78. The zero-order valence-electron chi connectivity index (χ0n) is 12.1. The molecule has 1 aliphatic rings. The lowest BCUT2D eigenvalue weighted by Gasteiger charge is -2.09. The molecule has 1 saturated heterocycles. The van der Waals surface area contributed by atoms with Crippen molar-refractivity contribution in [3.05, 3.63) is 54.1 Å². The Morgan fingerprint density at radius 2 is 1.52 bits per heavy atom. The van der Waals surface area contributed by atoms with Gasteiger partial charge in [-0.25, -0.2) is 0 Å². The normalized spacial score (nSPS) is 19.9. The van der Waals surface area contributed by atoms with Gasteiger partial charge in [-0.15, -0.1) is 0 Å². The molecule has 1 fully saturated rings. The molecule has 2 atom stereocenters. The maximum Gasteiger partial charge on any atom is 0.126 e. The molecule has 0 unspecified atom stereocenters. The fourth-order valence-corrected chi connectivity index (χ4v) is 2.25. The molecule has 0 N–H and O–H groups in total. The first-order valence-corrected chi connectivity index (χ1v) is 6.86. The number of ether oxygens (including phenoxy) is 4. The fraction of sp³-hybridized carbons (Fsp3) is 0.294. The van der Waals surface area contributed by atoms with E-state index >= 15 is 0 Å². The molecule has 2 aromatic carbocycles. The molecule has 0 radical (unpaired) electrons. The van der Waals surface area contributed by atoms with Crippen LogP contribution < -0.4 is 14.2 Å². The zero-order valence-corrected chi connectivity index (χ0v) is 12.1. The summed E-state index contributed by atoms with van der Waals surface area (Å²) in [5, 5.41) is 0. The lowest BCUT2D eigenvalue weighted by molar-refractivity contribution is 0.258. The van der Waals surface area contributed by atoms with E-state index in [0.29, 0.717) is 23.9 Å². The Kier molecular flexibility index (Phi) is 3.97. The van der Waals surface area contributed by atoms with E-state index in [1.165, 1.54) is 5.56 Å². The van der Waals surface area contributed by atoms with Crippen LogP contribution in [-0.4, -0.2) is 26.9 Å². The van der Waals surface area contributed by atoms with Gasteiger partial charge >= 0.3 is 0 Å². The van der Waals surface area contributed by atoms with Crippen LogP contribution in [-0.2, 0) is 4.74 Å². The molecule has 0 amide bonds. The van der Waals surface area contributed by atoms with E-state index in [4.69, 9.17) is 18.9 Å². The van der Waals surface area contributed by atoms with Crippen molar-refractivity contribution in [2.24, 2.45) is 0 Å². The van der Waals surface area contributed by atoms with Crippen molar-refractivity contribution in [3.8, 4) is 17.2 Å². The van der Waals surface area contributed by atoms with E-state index in [1.54, 1.807) is 14.2 Å². The predicted molar refractivity (Wildman–Crippen MR) is 79.1 cm³/mol. The highest BCUT2D eigenvalue weighted by Crippen LogP contribution is 2.39. The van der Waals surface area contributed by atoms with Gasteiger partial charge in [0.15, 0.2) is 0 Å². The second kappa shape index (κ2) is 6.06. The lowest BCUT2D eigenvalue weighted by Crippen LogP contribution is -2.05. The van der Waals surface area contributed by atoms with Crippen LogP contribution in [0, 0.1) is 0 Å². The Morgan fingerprint density at radius 1 is 0.905 bits per heavy atom. The molecule has 0 bridgehead atoms. The zero-order chi connectivity index (χ0) is 14.7. The molecular formula is C17H18O4. The van der Waals surface area contributed by atoms with Crippen molar-refractivity contribution < 1.29 is 18.9 Å². The number of hydrogen-bond donors (Lipinski definition) is 0. The fourth-order valence-electron chi connectivity index (χ4n) is 2.25. The largest absolute Gasteiger partial charge is 0.496 e. The third-order valence-corrected chi connectivity index (χ3v) is 3.45. The summed E-state index contributed by atoms with van der Waals surface area (Å²) in [5.41, 5.74) is 1.19. The van der Waals surface area contributed by atoms with Gasteiger partial charge in [0.25, 0.3) is 0 Å². The highest BCUT2D eigenvalue weighted by atomic mass is 16.6. The van der Waals surface area contributed by atoms with Gasteiger partial charge in [0.1, 0.15) is 36.1 Å². The van der Waals surface area contributed by atoms with Gasteiger partial charge in [0, 0.05) is 18.2 Å². The maximum absolute atomic E-state index is 5.78. The van der Waals surface area contributed by atoms with Crippen LogP contribution in [0.2, 0.25) is 0 Å². The number of benzene rings is 2. The third kappa shape index (κ3) is 3.28. The van der Waals surface area contributed by atoms with Gasteiger partial charge in [0.05, 0.1) is 14.2 Å². The van der Waals surface area contributed by atoms with Crippen molar-refractivity contribution in [2.45, 2.75) is 12.2 Å². The van der Waals surface area contributed by atoms with E-state index in [0.717, 1.165) is 0 Å². The van der Waals surface area contributed by atoms with Crippen molar-refractivity contribution in [3.63, 3.8) is 0 Å². The summed E-state index contributed by atoms with van der Waals surface area (Å²) in [6.45, 7) is 0.510. The minimum Gasteiger partial charge on any atom is -0.496 e. The molecule has 21 heavy (non-hydrogen) atoms. The Balaban J connectivity index is 1.59. The average molecular weight is 286 g/mol. The van der Waals surface area contributed by atoms with Crippen LogP contribution in [0.1, 0.15) is 11.7 Å². The molecule has 0 aromatic heterocycles. The summed E-state index contributed by atoms with van der Waals surface area (Å²) >= 11 is 0. The SMILES string of the molecule is COc1cc(OC)cc(OC[C@H]2O[C@H]2c2ccccc2)c1. The molecular weight excluding hydrogens is 268 g/mol. The molecule has 0 aliphatic carbocycles. The second-order valence-corrected chi connectivity index (χ2v) is 4.87. The first-order valence-electron chi connectivity index (χ1n) is 6.86. The Morgan fingerprint density at radius 3 is 2.14 bits per heavy atom. The molecule has 0 saturated carbocycles. The van der Waals surface area contributed by atoms with Gasteiger partial charge in [0.2, 0.25) is 0 Å². The minimum atomic E-state index is 0.101. The van der Waals surface area contributed by atoms with Crippen molar-refractivity contribution >= 4 is 0 Å². The summed E-state index contributed by atoms with van der Waals surface area (Å²) < 4.78 is 21.9. The van der Waals surface area contributed by atoms with E-state index in [2.05, 4.69) is 12.1 Å². The van der Waals surface area contributed by atoms with Gasteiger partial charge < -0.3 is 18.9 Å². The van der Waals surface area contributed by atoms with Crippen LogP contribution in [0.5, 0.6) is 17.2 Å².